The second-order valence-corrected chi connectivity index (χ2v) is 4.55. The van der Waals surface area contributed by atoms with Gasteiger partial charge < -0.3 is 10.0 Å². The molecule has 0 saturated carbocycles. The minimum atomic E-state index is -0.556. The fourth-order valence-electron chi connectivity index (χ4n) is 2.46. The number of hydrogen-bond acceptors (Lipinski definition) is 2. The quantitative estimate of drug-likeness (QED) is 0.876. The Bertz CT molecular complexity index is 582. The summed E-state index contributed by atoms with van der Waals surface area (Å²) in [6.07, 6.45) is 1.01. The van der Waals surface area contributed by atoms with Crippen LogP contribution in [0.2, 0.25) is 0 Å². The molecule has 3 heteroatoms. The summed E-state index contributed by atoms with van der Waals surface area (Å²) in [6, 6.07) is 12.9. The monoisotopic (exact) mass is 243 g/mol. The molecule has 0 aliphatic carbocycles. The zero-order chi connectivity index (χ0) is 12.5. The lowest BCUT2D eigenvalue weighted by atomic mass is 10.1. The lowest BCUT2D eigenvalue weighted by Gasteiger charge is -2.20. The van der Waals surface area contributed by atoms with Gasteiger partial charge in [0.2, 0.25) is 0 Å². The number of para-hydroxylation sites is 2. The van der Waals surface area contributed by atoms with Crippen molar-refractivity contribution in [3.63, 3.8) is 0 Å². The molecule has 0 spiro atoms. The standard InChI is InChI=1S/C15H14FNO/c16-13-6-3-5-12(15(13)18)10-17-9-8-11-4-1-2-7-14(11)17/h1-7,18H,8-10H2. The summed E-state index contributed by atoms with van der Waals surface area (Å²) in [4.78, 5) is 2.17. The maximum atomic E-state index is 13.3. The van der Waals surface area contributed by atoms with Crippen LogP contribution in [0.15, 0.2) is 42.5 Å². The van der Waals surface area contributed by atoms with Gasteiger partial charge in [-0.25, -0.2) is 4.39 Å². The number of phenols is 1. The Morgan fingerprint density at radius 3 is 2.83 bits per heavy atom. The molecule has 0 saturated heterocycles. The Labute approximate surface area is 105 Å². The number of hydrogen-bond donors (Lipinski definition) is 1. The lowest BCUT2D eigenvalue weighted by Crippen LogP contribution is -2.19. The normalized spacial score (nSPS) is 13.7. The van der Waals surface area contributed by atoms with Crippen LogP contribution in [0.4, 0.5) is 10.1 Å². The Balaban J connectivity index is 1.89. The highest BCUT2D eigenvalue weighted by Crippen LogP contribution is 2.31. The van der Waals surface area contributed by atoms with Gasteiger partial charge in [-0.1, -0.05) is 30.3 Å². The first-order valence-corrected chi connectivity index (χ1v) is 6.05. The molecule has 2 aromatic rings. The van der Waals surface area contributed by atoms with Crippen LogP contribution >= 0.6 is 0 Å². The predicted molar refractivity (Wildman–Crippen MR) is 69.3 cm³/mol. The van der Waals surface area contributed by atoms with Crippen molar-refractivity contribution in [2.24, 2.45) is 0 Å². The van der Waals surface area contributed by atoms with Gasteiger partial charge in [-0.2, -0.15) is 0 Å². The molecule has 0 bridgehead atoms. The van der Waals surface area contributed by atoms with E-state index < -0.39 is 5.82 Å². The first-order chi connectivity index (χ1) is 8.75. The van der Waals surface area contributed by atoms with E-state index in [1.165, 1.54) is 17.3 Å². The minimum absolute atomic E-state index is 0.234. The summed E-state index contributed by atoms with van der Waals surface area (Å²) in [5.74, 6) is -0.790. The van der Waals surface area contributed by atoms with Gasteiger partial charge in [-0.3, -0.25) is 0 Å². The predicted octanol–water partition coefficient (Wildman–Crippen LogP) is 3.09. The van der Waals surface area contributed by atoms with E-state index in [1.54, 1.807) is 12.1 Å². The van der Waals surface area contributed by atoms with Gasteiger partial charge in [-0.05, 0) is 24.1 Å². The Kier molecular flexibility index (Phi) is 2.67. The maximum Gasteiger partial charge on any atom is 0.165 e. The highest BCUT2D eigenvalue weighted by atomic mass is 19.1. The second kappa shape index (κ2) is 4.33. The van der Waals surface area contributed by atoms with Gasteiger partial charge in [0, 0.05) is 24.3 Å². The van der Waals surface area contributed by atoms with Crippen molar-refractivity contribution in [1.82, 2.24) is 0 Å². The van der Waals surface area contributed by atoms with Crippen molar-refractivity contribution in [2.75, 3.05) is 11.4 Å². The molecule has 0 amide bonds. The number of anilines is 1. The second-order valence-electron chi connectivity index (χ2n) is 4.55. The van der Waals surface area contributed by atoms with E-state index in [0.29, 0.717) is 12.1 Å². The van der Waals surface area contributed by atoms with Crippen LogP contribution < -0.4 is 4.90 Å². The van der Waals surface area contributed by atoms with Crippen LogP contribution in [0, 0.1) is 5.82 Å². The molecule has 18 heavy (non-hydrogen) atoms. The molecule has 0 radical (unpaired) electrons. The van der Waals surface area contributed by atoms with Crippen molar-refractivity contribution in [3.05, 3.63) is 59.4 Å². The zero-order valence-corrected chi connectivity index (χ0v) is 9.94. The molecule has 0 fully saturated rings. The molecule has 92 valence electrons. The van der Waals surface area contributed by atoms with Gasteiger partial charge in [0.05, 0.1) is 0 Å². The van der Waals surface area contributed by atoms with Crippen molar-refractivity contribution < 1.29 is 9.50 Å². The van der Waals surface area contributed by atoms with E-state index in [0.717, 1.165) is 13.0 Å². The SMILES string of the molecule is Oc1c(F)cccc1CN1CCc2ccccc21. The fourth-order valence-corrected chi connectivity index (χ4v) is 2.46. The number of phenolic OH excluding ortho intramolecular Hbond substituents is 1. The molecule has 1 aliphatic heterocycles. The third kappa shape index (κ3) is 1.82. The first-order valence-electron chi connectivity index (χ1n) is 6.05. The molecule has 0 aromatic heterocycles. The lowest BCUT2D eigenvalue weighted by molar-refractivity contribution is 0.425. The van der Waals surface area contributed by atoms with Gasteiger partial charge in [0.1, 0.15) is 0 Å². The molecule has 2 nitrogen and oxygen atoms in total. The molecule has 3 rings (SSSR count). The number of benzene rings is 2. The first kappa shape index (κ1) is 11.1. The van der Waals surface area contributed by atoms with Crippen molar-refractivity contribution in [1.29, 1.82) is 0 Å². The van der Waals surface area contributed by atoms with E-state index in [9.17, 15) is 9.50 Å². The molecule has 0 atom stereocenters. The van der Waals surface area contributed by atoms with E-state index in [2.05, 4.69) is 17.0 Å². The Hall–Kier alpha value is -2.03. The summed E-state index contributed by atoms with van der Waals surface area (Å²) in [7, 11) is 0. The highest BCUT2D eigenvalue weighted by Gasteiger charge is 2.19. The van der Waals surface area contributed by atoms with Crippen molar-refractivity contribution >= 4 is 5.69 Å². The molecule has 2 aromatic carbocycles. The summed E-state index contributed by atoms with van der Waals surface area (Å²) in [5, 5.41) is 9.70. The van der Waals surface area contributed by atoms with Crippen LogP contribution in [0.1, 0.15) is 11.1 Å². The van der Waals surface area contributed by atoms with Crippen LogP contribution in [-0.2, 0) is 13.0 Å². The van der Waals surface area contributed by atoms with Crippen molar-refractivity contribution in [2.45, 2.75) is 13.0 Å². The zero-order valence-electron chi connectivity index (χ0n) is 9.94. The fraction of sp³-hybridized carbons (Fsp3) is 0.200. The number of nitrogens with zero attached hydrogens (tertiary/aromatic N) is 1. The van der Waals surface area contributed by atoms with E-state index in [4.69, 9.17) is 0 Å². The maximum absolute atomic E-state index is 13.3. The third-order valence-electron chi connectivity index (χ3n) is 3.41. The van der Waals surface area contributed by atoms with Crippen LogP contribution in [0.3, 0.4) is 0 Å². The minimum Gasteiger partial charge on any atom is -0.505 e. The average Bonchev–Trinajstić information content (AvgIpc) is 2.79. The largest absolute Gasteiger partial charge is 0.505 e. The third-order valence-corrected chi connectivity index (χ3v) is 3.41. The average molecular weight is 243 g/mol. The summed E-state index contributed by atoms with van der Waals surface area (Å²) < 4.78 is 13.3. The van der Waals surface area contributed by atoms with Crippen LogP contribution in [-0.4, -0.2) is 11.7 Å². The van der Waals surface area contributed by atoms with Gasteiger partial charge in [-0.15, -0.1) is 0 Å². The van der Waals surface area contributed by atoms with Gasteiger partial charge in [0.15, 0.2) is 11.6 Å². The van der Waals surface area contributed by atoms with E-state index in [1.807, 2.05) is 12.1 Å². The van der Waals surface area contributed by atoms with E-state index >= 15 is 0 Å². The van der Waals surface area contributed by atoms with E-state index in [-0.39, 0.29) is 5.75 Å². The molecule has 0 unspecified atom stereocenters. The smallest absolute Gasteiger partial charge is 0.165 e. The summed E-state index contributed by atoms with van der Waals surface area (Å²) in [5.41, 5.74) is 3.13. The Morgan fingerprint density at radius 2 is 1.94 bits per heavy atom. The molecule has 1 aliphatic rings. The highest BCUT2D eigenvalue weighted by molar-refractivity contribution is 5.58. The van der Waals surface area contributed by atoms with Gasteiger partial charge >= 0.3 is 0 Å². The molecular formula is C15H14FNO. The summed E-state index contributed by atoms with van der Waals surface area (Å²) >= 11 is 0. The van der Waals surface area contributed by atoms with Crippen molar-refractivity contribution in [3.8, 4) is 5.75 Å². The molecular weight excluding hydrogens is 229 g/mol. The van der Waals surface area contributed by atoms with Gasteiger partial charge in [0.25, 0.3) is 0 Å². The van der Waals surface area contributed by atoms with Crippen LogP contribution in [0.25, 0.3) is 0 Å². The number of fused-ring (bicyclic) bond motifs is 1. The summed E-state index contributed by atoms with van der Waals surface area (Å²) in [6.45, 7) is 1.45. The molecule has 1 heterocycles. The number of aromatic hydroxyl groups is 1. The number of halogens is 1. The molecule has 1 N–H and O–H groups in total. The Morgan fingerprint density at radius 1 is 1.11 bits per heavy atom. The topological polar surface area (TPSA) is 23.5 Å². The van der Waals surface area contributed by atoms with Crippen LogP contribution in [0.5, 0.6) is 5.75 Å². The number of rotatable bonds is 2.